The summed E-state index contributed by atoms with van der Waals surface area (Å²) < 4.78 is 31.9. The molecule has 8 nitrogen and oxygen atoms in total. The van der Waals surface area contributed by atoms with Gasteiger partial charge in [0.1, 0.15) is 18.3 Å². The van der Waals surface area contributed by atoms with Crippen LogP contribution in [0.5, 0.6) is 5.75 Å². The Morgan fingerprint density at radius 3 is 2.10 bits per heavy atom. The number of nitrogens with zero attached hydrogens (tertiary/aromatic N) is 2. The molecule has 0 spiro atoms. The molecule has 9 heteroatoms. The monoisotopic (exact) mass is 551 g/mol. The molecule has 0 saturated heterocycles. The van der Waals surface area contributed by atoms with Crippen LogP contribution in [0.1, 0.15) is 30.5 Å². The van der Waals surface area contributed by atoms with Crippen LogP contribution in [0.15, 0.2) is 78.9 Å². The van der Waals surface area contributed by atoms with Crippen molar-refractivity contribution < 1.29 is 22.7 Å². The first-order valence-corrected chi connectivity index (χ1v) is 14.6. The van der Waals surface area contributed by atoms with Gasteiger partial charge in [0.15, 0.2) is 0 Å². The fourth-order valence-corrected chi connectivity index (χ4v) is 5.12. The minimum atomic E-state index is -3.83. The van der Waals surface area contributed by atoms with Gasteiger partial charge >= 0.3 is 0 Å². The number of ether oxygens (including phenoxy) is 1. The van der Waals surface area contributed by atoms with E-state index in [1.165, 1.54) is 12.0 Å². The lowest BCUT2D eigenvalue weighted by molar-refractivity contribution is -0.140. The van der Waals surface area contributed by atoms with E-state index in [1.54, 1.807) is 24.3 Å². The van der Waals surface area contributed by atoms with Crippen LogP contribution in [0.4, 0.5) is 5.69 Å². The van der Waals surface area contributed by atoms with E-state index in [2.05, 4.69) is 5.32 Å². The van der Waals surface area contributed by atoms with Crippen molar-refractivity contribution in [2.45, 2.75) is 45.8 Å². The number of methoxy groups -OCH3 is 1. The number of aryl methyl sites for hydroxylation is 1. The number of hydrogen-bond donors (Lipinski definition) is 1. The van der Waals surface area contributed by atoms with Crippen LogP contribution in [-0.2, 0) is 32.6 Å². The van der Waals surface area contributed by atoms with Crippen molar-refractivity contribution in [2.75, 3.05) is 24.2 Å². The number of nitrogens with one attached hydrogen (secondary N) is 1. The molecule has 1 N–H and O–H groups in total. The Balaban J connectivity index is 2.05. The molecule has 39 heavy (non-hydrogen) atoms. The van der Waals surface area contributed by atoms with Gasteiger partial charge in [0.25, 0.3) is 0 Å². The maximum Gasteiger partial charge on any atom is 0.244 e. The van der Waals surface area contributed by atoms with Crippen LogP contribution >= 0.6 is 0 Å². The van der Waals surface area contributed by atoms with Gasteiger partial charge in [-0.3, -0.25) is 13.9 Å². The van der Waals surface area contributed by atoms with E-state index in [0.717, 1.165) is 27.3 Å². The van der Waals surface area contributed by atoms with Gasteiger partial charge in [-0.25, -0.2) is 8.42 Å². The van der Waals surface area contributed by atoms with Gasteiger partial charge in [-0.2, -0.15) is 0 Å². The van der Waals surface area contributed by atoms with Crippen LogP contribution in [0, 0.1) is 6.92 Å². The third-order valence-electron chi connectivity index (χ3n) is 6.34. The Bertz CT molecular complexity index is 1360. The van der Waals surface area contributed by atoms with E-state index < -0.39 is 28.5 Å². The van der Waals surface area contributed by atoms with E-state index in [1.807, 2.05) is 75.4 Å². The van der Waals surface area contributed by atoms with Crippen molar-refractivity contribution >= 4 is 27.5 Å². The summed E-state index contributed by atoms with van der Waals surface area (Å²) in [5.41, 5.74) is 3.05. The molecule has 3 aromatic rings. The first kappa shape index (κ1) is 29.7. The van der Waals surface area contributed by atoms with Crippen LogP contribution in [-0.4, -0.2) is 57.1 Å². The van der Waals surface area contributed by atoms with Gasteiger partial charge < -0.3 is 15.0 Å². The Morgan fingerprint density at radius 2 is 1.54 bits per heavy atom. The summed E-state index contributed by atoms with van der Waals surface area (Å²) in [7, 11) is -2.31. The summed E-state index contributed by atoms with van der Waals surface area (Å²) in [5, 5.41) is 2.95. The third-order valence-corrected chi connectivity index (χ3v) is 7.48. The molecular formula is C30H37N3O5S. The van der Waals surface area contributed by atoms with Crippen molar-refractivity contribution in [2.24, 2.45) is 0 Å². The van der Waals surface area contributed by atoms with Crippen molar-refractivity contribution in [3.05, 3.63) is 95.6 Å². The zero-order valence-corrected chi connectivity index (χ0v) is 23.9. The van der Waals surface area contributed by atoms with Crippen LogP contribution in [0.3, 0.4) is 0 Å². The van der Waals surface area contributed by atoms with Crippen LogP contribution < -0.4 is 14.4 Å². The number of sulfonamides is 1. The number of carbonyl (C=O) groups is 2. The number of benzene rings is 3. The van der Waals surface area contributed by atoms with E-state index in [9.17, 15) is 18.0 Å². The molecule has 0 bridgehead atoms. The fourth-order valence-electron chi connectivity index (χ4n) is 4.27. The molecule has 3 aromatic carbocycles. The normalized spacial score (nSPS) is 12.1. The summed E-state index contributed by atoms with van der Waals surface area (Å²) in [4.78, 5) is 29.1. The second kappa shape index (κ2) is 13.3. The summed E-state index contributed by atoms with van der Waals surface area (Å²) in [6.45, 7) is 5.35. The van der Waals surface area contributed by atoms with Crippen molar-refractivity contribution in [3.8, 4) is 5.75 Å². The highest BCUT2D eigenvalue weighted by molar-refractivity contribution is 7.92. The van der Waals surface area contributed by atoms with E-state index in [-0.39, 0.29) is 24.9 Å². The van der Waals surface area contributed by atoms with E-state index in [0.29, 0.717) is 11.4 Å². The number of anilines is 1. The lowest BCUT2D eigenvalue weighted by Crippen LogP contribution is -2.54. The van der Waals surface area contributed by atoms with Crippen LogP contribution in [0.25, 0.3) is 0 Å². The number of rotatable bonds is 12. The highest BCUT2D eigenvalue weighted by Crippen LogP contribution is 2.23. The second-order valence-corrected chi connectivity index (χ2v) is 11.7. The molecule has 0 aliphatic rings. The summed E-state index contributed by atoms with van der Waals surface area (Å²) in [6, 6.07) is 22.6. The highest BCUT2D eigenvalue weighted by Gasteiger charge is 2.33. The number of carbonyl (C=O) groups excluding carboxylic acids is 2. The summed E-state index contributed by atoms with van der Waals surface area (Å²) in [6.07, 6.45) is 1.33. The average Bonchev–Trinajstić information content (AvgIpc) is 2.89. The molecule has 0 aliphatic heterocycles. The topological polar surface area (TPSA) is 96.0 Å². The first-order chi connectivity index (χ1) is 18.5. The Hall–Kier alpha value is -3.85. The van der Waals surface area contributed by atoms with E-state index >= 15 is 0 Å². The Kier molecular flexibility index (Phi) is 10.1. The molecule has 3 rings (SSSR count). The molecule has 0 aromatic heterocycles. The molecular weight excluding hydrogens is 514 g/mol. The van der Waals surface area contributed by atoms with Gasteiger partial charge in [-0.05, 0) is 61.7 Å². The maximum absolute atomic E-state index is 14.0. The average molecular weight is 552 g/mol. The lowest BCUT2D eigenvalue weighted by Gasteiger charge is -2.34. The lowest BCUT2D eigenvalue weighted by atomic mass is 10.0. The number of amides is 2. The van der Waals surface area contributed by atoms with Crippen LogP contribution in [0.2, 0.25) is 0 Å². The zero-order chi connectivity index (χ0) is 28.6. The van der Waals surface area contributed by atoms with Crippen molar-refractivity contribution in [1.29, 1.82) is 0 Å². The Morgan fingerprint density at radius 1 is 0.923 bits per heavy atom. The predicted octanol–water partition coefficient (Wildman–Crippen LogP) is 3.93. The summed E-state index contributed by atoms with van der Waals surface area (Å²) >= 11 is 0. The standard InChI is InChI=1S/C30H37N3O5S/c1-22(2)31-30(35)28(19-24-12-7-6-8-13-24)32(20-25-14-10-9-11-23(25)3)29(34)21-33(39(5,36)37)26-15-17-27(38-4)18-16-26/h6-18,22,28H,19-21H2,1-5H3,(H,31,35)/t28-/m1/s1. The van der Waals surface area contributed by atoms with Gasteiger partial charge in [-0.1, -0.05) is 54.6 Å². The molecule has 0 aliphatic carbocycles. The number of hydrogen-bond acceptors (Lipinski definition) is 5. The largest absolute Gasteiger partial charge is 0.497 e. The van der Waals surface area contributed by atoms with Crippen molar-refractivity contribution in [3.63, 3.8) is 0 Å². The van der Waals surface area contributed by atoms with Gasteiger partial charge in [0.05, 0.1) is 19.1 Å². The maximum atomic E-state index is 14.0. The Labute approximate surface area is 231 Å². The SMILES string of the molecule is COc1ccc(N(CC(=O)N(Cc2ccccc2C)[C@H](Cc2ccccc2)C(=O)NC(C)C)S(C)(=O)=O)cc1. The van der Waals surface area contributed by atoms with Gasteiger partial charge in [0.2, 0.25) is 21.8 Å². The molecule has 1 atom stereocenters. The van der Waals surface area contributed by atoms with Gasteiger partial charge in [-0.15, -0.1) is 0 Å². The smallest absolute Gasteiger partial charge is 0.244 e. The first-order valence-electron chi connectivity index (χ1n) is 12.8. The molecule has 0 radical (unpaired) electrons. The minimum absolute atomic E-state index is 0.141. The zero-order valence-electron chi connectivity index (χ0n) is 23.1. The third kappa shape index (κ3) is 8.32. The fraction of sp³-hybridized carbons (Fsp3) is 0.333. The molecule has 0 heterocycles. The van der Waals surface area contributed by atoms with Crippen molar-refractivity contribution in [1.82, 2.24) is 10.2 Å². The quantitative estimate of drug-likeness (QED) is 0.368. The highest BCUT2D eigenvalue weighted by atomic mass is 32.2. The summed E-state index contributed by atoms with van der Waals surface area (Å²) in [5.74, 6) is -0.224. The molecule has 0 saturated carbocycles. The molecule has 2 amide bonds. The predicted molar refractivity (Wildman–Crippen MR) is 154 cm³/mol. The molecule has 0 fully saturated rings. The van der Waals surface area contributed by atoms with Gasteiger partial charge in [0, 0.05) is 19.0 Å². The molecule has 0 unspecified atom stereocenters. The molecule has 208 valence electrons. The second-order valence-electron chi connectivity index (χ2n) is 9.78. The van der Waals surface area contributed by atoms with E-state index in [4.69, 9.17) is 4.74 Å². The minimum Gasteiger partial charge on any atom is -0.497 e.